The molecular formula is C27H27N3O3. The standard InChI is InChI=1S/C27H27N3O3/c1-33-27(32)23(18-20-12-15-21(16-13-20)25(28)29)24(17-14-19-8-4-2-5-9-19)30-26(31)22-10-6-3-7-11-22/h2-17,23-24H,18H2,1H3,(H3,28,29)(H,30,31)/b17-14+. The first-order valence-corrected chi connectivity index (χ1v) is 10.6. The Labute approximate surface area is 193 Å². The number of amidine groups is 1. The summed E-state index contributed by atoms with van der Waals surface area (Å²) in [5, 5.41) is 10.5. The molecule has 0 aliphatic carbocycles. The maximum Gasteiger partial charge on any atom is 0.311 e. The number of amides is 1. The minimum absolute atomic E-state index is 0.0233. The van der Waals surface area contributed by atoms with E-state index in [9.17, 15) is 9.59 Å². The molecule has 0 aromatic heterocycles. The lowest BCUT2D eigenvalue weighted by Crippen LogP contribution is -2.43. The van der Waals surface area contributed by atoms with Crippen molar-refractivity contribution in [2.75, 3.05) is 7.11 Å². The van der Waals surface area contributed by atoms with Crippen molar-refractivity contribution in [2.45, 2.75) is 12.5 Å². The van der Waals surface area contributed by atoms with E-state index in [1.165, 1.54) is 7.11 Å². The molecule has 0 fully saturated rings. The van der Waals surface area contributed by atoms with Crippen LogP contribution in [0, 0.1) is 11.3 Å². The first-order valence-electron chi connectivity index (χ1n) is 10.6. The fourth-order valence-electron chi connectivity index (χ4n) is 3.47. The van der Waals surface area contributed by atoms with E-state index < -0.39 is 17.9 Å². The number of nitrogen functional groups attached to an aromatic ring is 1. The lowest BCUT2D eigenvalue weighted by Gasteiger charge is -2.24. The monoisotopic (exact) mass is 441 g/mol. The number of nitrogens with one attached hydrogen (secondary N) is 2. The van der Waals surface area contributed by atoms with Gasteiger partial charge in [-0.05, 0) is 29.7 Å². The summed E-state index contributed by atoms with van der Waals surface area (Å²) in [5.41, 5.74) is 8.46. The van der Waals surface area contributed by atoms with Crippen molar-refractivity contribution in [1.29, 1.82) is 5.41 Å². The quantitative estimate of drug-likeness (QED) is 0.267. The summed E-state index contributed by atoms with van der Waals surface area (Å²) >= 11 is 0. The predicted molar refractivity (Wildman–Crippen MR) is 130 cm³/mol. The average molecular weight is 442 g/mol. The molecule has 3 rings (SSSR count). The van der Waals surface area contributed by atoms with Crippen molar-refractivity contribution in [1.82, 2.24) is 5.32 Å². The molecule has 0 aliphatic rings. The van der Waals surface area contributed by atoms with Gasteiger partial charge in [0.2, 0.25) is 0 Å². The SMILES string of the molecule is COC(=O)C(Cc1ccc(C(=N)N)cc1)C(/C=C/c1ccccc1)NC(=O)c1ccccc1. The van der Waals surface area contributed by atoms with E-state index in [-0.39, 0.29) is 11.7 Å². The van der Waals surface area contributed by atoms with Crippen molar-refractivity contribution >= 4 is 23.8 Å². The molecule has 0 spiro atoms. The van der Waals surface area contributed by atoms with Gasteiger partial charge < -0.3 is 15.8 Å². The Kier molecular flexibility index (Phi) is 8.13. The molecule has 1 amide bonds. The van der Waals surface area contributed by atoms with E-state index in [0.29, 0.717) is 17.5 Å². The second-order valence-electron chi connectivity index (χ2n) is 7.58. The smallest absolute Gasteiger partial charge is 0.311 e. The largest absolute Gasteiger partial charge is 0.469 e. The third kappa shape index (κ3) is 6.64. The zero-order valence-corrected chi connectivity index (χ0v) is 18.4. The molecule has 2 atom stereocenters. The summed E-state index contributed by atoms with van der Waals surface area (Å²) in [6.07, 6.45) is 4.04. The number of hydrogen-bond acceptors (Lipinski definition) is 4. The molecule has 3 aromatic carbocycles. The number of nitrogens with two attached hydrogens (primary N) is 1. The van der Waals surface area contributed by atoms with Gasteiger partial charge in [0.1, 0.15) is 5.84 Å². The van der Waals surface area contributed by atoms with E-state index >= 15 is 0 Å². The van der Waals surface area contributed by atoms with Crippen LogP contribution >= 0.6 is 0 Å². The summed E-state index contributed by atoms with van der Waals surface area (Å²) in [6, 6.07) is 25.0. The summed E-state index contributed by atoms with van der Waals surface area (Å²) in [5.74, 6) is -1.39. The highest BCUT2D eigenvalue weighted by molar-refractivity contribution is 5.95. The molecule has 0 aliphatic heterocycles. The summed E-state index contributed by atoms with van der Waals surface area (Å²) in [7, 11) is 1.34. The minimum Gasteiger partial charge on any atom is -0.469 e. The first-order chi connectivity index (χ1) is 16.0. The van der Waals surface area contributed by atoms with Crippen LogP contribution in [0.4, 0.5) is 0 Å². The average Bonchev–Trinajstić information content (AvgIpc) is 2.86. The van der Waals surface area contributed by atoms with Crippen LogP contribution in [0.5, 0.6) is 0 Å². The lowest BCUT2D eigenvalue weighted by molar-refractivity contribution is -0.145. The van der Waals surface area contributed by atoms with E-state index in [2.05, 4.69) is 5.32 Å². The van der Waals surface area contributed by atoms with Gasteiger partial charge in [-0.15, -0.1) is 0 Å². The van der Waals surface area contributed by atoms with Crippen LogP contribution in [0.15, 0.2) is 91.0 Å². The van der Waals surface area contributed by atoms with E-state index in [4.69, 9.17) is 15.9 Å². The van der Waals surface area contributed by atoms with Crippen molar-refractivity contribution in [3.05, 3.63) is 113 Å². The number of carbonyl (C=O) groups is 2. The first kappa shape index (κ1) is 23.5. The van der Waals surface area contributed by atoms with Gasteiger partial charge >= 0.3 is 5.97 Å². The Morgan fingerprint density at radius 2 is 1.55 bits per heavy atom. The van der Waals surface area contributed by atoms with Crippen molar-refractivity contribution in [3.8, 4) is 0 Å². The second-order valence-corrected chi connectivity index (χ2v) is 7.58. The Morgan fingerprint density at radius 1 is 0.939 bits per heavy atom. The van der Waals surface area contributed by atoms with Gasteiger partial charge in [0.25, 0.3) is 5.91 Å². The highest BCUT2D eigenvalue weighted by Gasteiger charge is 2.29. The van der Waals surface area contributed by atoms with Gasteiger partial charge in [0.15, 0.2) is 0 Å². The van der Waals surface area contributed by atoms with Gasteiger partial charge in [-0.2, -0.15) is 0 Å². The maximum atomic E-state index is 12.9. The fourth-order valence-corrected chi connectivity index (χ4v) is 3.47. The highest BCUT2D eigenvalue weighted by Crippen LogP contribution is 2.18. The third-order valence-corrected chi connectivity index (χ3v) is 5.29. The summed E-state index contributed by atoms with van der Waals surface area (Å²) in [6.45, 7) is 0. The van der Waals surface area contributed by atoms with E-state index in [0.717, 1.165) is 11.1 Å². The molecule has 168 valence electrons. The normalized spacial score (nSPS) is 12.6. The maximum absolute atomic E-state index is 12.9. The summed E-state index contributed by atoms with van der Waals surface area (Å²) in [4.78, 5) is 25.7. The number of ether oxygens (including phenoxy) is 1. The molecule has 0 saturated heterocycles. The molecule has 0 bridgehead atoms. The van der Waals surface area contributed by atoms with Crippen LogP contribution in [0.1, 0.15) is 27.0 Å². The second kappa shape index (κ2) is 11.4. The van der Waals surface area contributed by atoms with Gasteiger partial charge in [0.05, 0.1) is 19.1 Å². The van der Waals surface area contributed by atoms with Gasteiger partial charge in [0, 0.05) is 11.1 Å². The molecule has 6 heteroatoms. The van der Waals surface area contributed by atoms with E-state index in [1.807, 2.05) is 60.7 Å². The number of esters is 1. The van der Waals surface area contributed by atoms with Gasteiger partial charge in [-0.25, -0.2) is 0 Å². The zero-order chi connectivity index (χ0) is 23.6. The molecule has 0 heterocycles. The molecule has 6 nitrogen and oxygen atoms in total. The molecule has 4 N–H and O–H groups in total. The zero-order valence-electron chi connectivity index (χ0n) is 18.4. The van der Waals surface area contributed by atoms with Crippen LogP contribution < -0.4 is 11.1 Å². The Hall–Kier alpha value is -4.19. The van der Waals surface area contributed by atoms with Crippen molar-refractivity contribution < 1.29 is 14.3 Å². The lowest BCUT2D eigenvalue weighted by atomic mass is 9.90. The van der Waals surface area contributed by atoms with E-state index in [1.54, 1.807) is 36.4 Å². The number of methoxy groups -OCH3 is 1. The number of benzene rings is 3. The Balaban J connectivity index is 1.91. The molecule has 0 saturated carbocycles. The van der Waals surface area contributed by atoms with Gasteiger partial charge in [-0.1, -0.05) is 84.9 Å². The van der Waals surface area contributed by atoms with Crippen LogP contribution in [-0.4, -0.2) is 30.9 Å². The number of rotatable bonds is 9. The van der Waals surface area contributed by atoms with Crippen LogP contribution in [0.25, 0.3) is 6.08 Å². The molecular weight excluding hydrogens is 414 g/mol. The topological polar surface area (TPSA) is 105 Å². The molecule has 0 radical (unpaired) electrons. The molecule has 2 unspecified atom stereocenters. The molecule has 33 heavy (non-hydrogen) atoms. The van der Waals surface area contributed by atoms with Crippen LogP contribution in [0.3, 0.4) is 0 Å². The van der Waals surface area contributed by atoms with Crippen LogP contribution in [-0.2, 0) is 16.0 Å². The van der Waals surface area contributed by atoms with Crippen molar-refractivity contribution in [2.24, 2.45) is 11.7 Å². The Bertz CT molecular complexity index is 1110. The highest BCUT2D eigenvalue weighted by atomic mass is 16.5. The van der Waals surface area contributed by atoms with Gasteiger partial charge in [-0.3, -0.25) is 15.0 Å². The number of carbonyl (C=O) groups excluding carboxylic acids is 2. The van der Waals surface area contributed by atoms with Crippen molar-refractivity contribution in [3.63, 3.8) is 0 Å². The number of hydrogen-bond donors (Lipinski definition) is 3. The Morgan fingerprint density at radius 3 is 2.12 bits per heavy atom. The third-order valence-electron chi connectivity index (χ3n) is 5.29. The predicted octanol–water partition coefficient (Wildman–Crippen LogP) is 3.81. The van der Waals surface area contributed by atoms with Crippen LogP contribution in [0.2, 0.25) is 0 Å². The fraction of sp³-hybridized carbons (Fsp3) is 0.148. The molecule has 3 aromatic rings. The minimum atomic E-state index is -0.661. The summed E-state index contributed by atoms with van der Waals surface area (Å²) < 4.78 is 5.09.